The van der Waals surface area contributed by atoms with Crippen LogP contribution in [-0.2, 0) is 5.75 Å². The number of hydrogen-bond acceptors (Lipinski definition) is 6. The van der Waals surface area contributed by atoms with Gasteiger partial charge in [-0.15, -0.1) is 21.5 Å². The smallest absolute Gasteiger partial charge is 0.267 e. The normalized spacial score (nSPS) is 10.7. The van der Waals surface area contributed by atoms with Crippen molar-refractivity contribution in [2.45, 2.75) is 23.9 Å². The highest BCUT2D eigenvalue weighted by Crippen LogP contribution is 2.29. The Hall–Kier alpha value is -1.70. The molecular formula is C16H15N3OS3. The van der Waals surface area contributed by atoms with Crippen molar-refractivity contribution in [1.82, 2.24) is 10.2 Å². The van der Waals surface area contributed by atoms with Crippen LogP contribution >= 0.6 is 34.4 Å². The molecule has 4 nitrogen and oxygen atoms in total. The first-order valence-electron chi connectivity index (χ1n) is 6.98. The van der Waals surface area contributed by atoms with Crippen molar-refractivity contribution in [2.75, 3.05) is 5.32 Å². The summed E-state index contributed by atoms with van der Waals surface area (Å²) in [5.41, 5.74) is 3.59. The van der Waals surface area contributed by atoms with Crippen molar-refractivity contribution in [3.63, 3.8) is 0 Å². The zero-order valence-electron chi connectivity index (χ0n) is 12.7. The van der Waals surface area contributed by atoms with Gasteiger partial charge < -0.3 is 0 Å². The van der Waals surface area contributed by atoms with Crippen LogP contribution in [0.1, 0.15) is 26.4 Å². The number of nitrogens with zero attached hydrogens (tertiary/aromatic N) is 2. The molecule has 0 saturated heterocycles. The lowest BCUT2D eigenvalue weighted by atomic mass is 10.2. The highest BCUT2D eigenvalue weighted by atomic mass is 32.2. The maximum absolute atomic E-state index is 12.1. The van der Waals surface area contributed by atoms with E-state index in [1.165, 1.54) is 33.8 Å². The third-order valence-electron chi connectivity index (χ3n) is 3.03. The molecule has 0 aliphatic carbocycles. The van der Waals surface area contributed by atoms with Crippen molar-refractivity contribution in [2.24, 2.45) is 0 Å². The number of carbonyl (C=O) groups excluding carboxylic acids is 1. The SMILES string of the molecule is Cc1cccc(CSc2nnc(NC(=O)c3cc(C)cs3)s2)c1. The number of thiophene rings is 1. The average Bonchev–Trinajstić information content (AvgIpc) is 3.14. The molecule has 0 unspecified atom stereocenters. The fraction of sp³-hybridized carbons (Fsp3) is 0.188. The molecule has 0 atom stereocenters. The van der Waals surface area contributed by atoms with Crippen LogP contribution in [0.5, 0.6) is 0 Å². The largest absolute Gasteiger partial charge is 0.296 e. The van der Waals surface area contributed by atoms with Crippen molar-refractivity contribution in [1.29, 1.82) is 0 Å². The number of anilines is 1. The summed E-state index contributed by atoms with van der Waals surface area (Å²) in [6, 6.07) is 10.3. The summed E-state index contributed by atoms with van der Waals surface area (Å²) in [6.45, 7) is 4.05. The number of amides is 1. The summed E-state index contributed by atoms with van der Waals surface area (Å²) in [5, 5.41) is 13.5. The first-order valence-corrected chi connectivity index (χ1v) is 9.66. The number of rotatable bonds is 5. The Kier molecular flexibility index (Phi) is 5.09. The van der Waals surface area contributed by atoms with Crippen LogP contribution in [0, 0.1) is 13.8 Å². The van der Waals surface area contributed by atoms with Crippen LogP contribution in [-0.4, -0.2) is 16.1 Å². The molecule has 3 rings (SSSR count). The topological polar surface area (TPSA) is 54.9 Å². The second-order valence-corrected chi connectivity index (χ2v) is 8.20. The van der Waals surface area contributed by atoms with E-state index in [0.717, 1.165) is 15.7 Å². The van der Waals surface area contributed by atoms with Crippen LogP contribution in [0.3, 0.4) is 0 Å². The van der Waals surface area contributed by atoms with Gasteiger partial charge in [0.05, 0.1) is 4.88 Å². The van der Waals surface area contributed by atoms with Gasteiger partial charge in [-0.1, -0.05) is 52.9 Å². The molecule has 7 heteroatoms. The predicted octanol–water partition coefficient (Wildman–Crippen LogP) is 4.76. The van der Waals surface area contributed by atoms with Crippen LogP contribution in [0.4, 0.5) is 5.13 Å². The molecule has 118 valence electrons. The number of thioether (sulfide) groups is 1. The van der Waals surface area contributed by atoms with Gasteiger partial charge in [-0.3, -0.25) is 10.1 Å². The molecule has 0 bridgehead atoms. The van der Waals surface area contributed by atoms with Crippen molar-refractivity contribution >= 4 is 45.5 Å². The fourth-order valence-corrected chi connectivity index (χ4v) is 4.46. The van der Waals surface area contributed by atoms with E-state index in [1.54, 1.807) is 11.8 Å². The Morgan fingerprint density at radius 3 is 2.83 bits per heavy atom. The standard InChI is InChI=1S/C16H15N3OS3/c1-10-4-3-5-12(6-10)9-22-16-19-18-15(23-16)17-14(20)13-7-11(2)8-21-13/h3-8H,9H2,1-2H3,(H,17,18,20). The highest BCUT2D eigenvalue weighted by Gasteiger charge is 2.12. The summed E-state index contributed by atoms with van der Waals surface area (Å²) >= 11 is 4.46. The van der Waals surface area contributed by atoms with Gasteiger partial charge >= 0.3 is 0 Å². The van der Waals surface area contributed by atoms with Gasteiger partial charge in [-0.05, 0) is 36.4 Å². The minimum absolute atomic E-state index is 0.130. The van der Waals surface area contributed by atoms with Gasteiger partial charge in [-0.2, -0.15) is 0 Å². The molecule has 0 saturated carbocycles. The van der Waals surface area contributed by atoms with E-state index >= 15 is 0 Å². The van der Waals surface area contributed by atoms with Crippen LogP contribution < -0.4 is 5.32 Å². The zero-order chi connectivity index (χ0) is 16.2. The monoisotopic (exact) mass is 361 g/mol. The lowest BCUT2D eigenvalue weighted by Crippen LogP contribution is -2.09. The number of carbonyl (C=O) groups is 1. The van der Waals surface area contributed by atoms with E-state index in [-0.39, 0.29) is 5.91 Å². The predicted molar refractivity (Wildman–Crippen MR) is 97.7 cm³/mol. The van der Waals surface area contributed by atoms with E-state index in [0.29, 0.717) is 10.0 Å². The minimum atomic E-state index is -0.130. The Morgan fingerprint density at radius 1 is 1.22 bits per heavy atom. The van der Waals surface area contributed by atoms with Gasteiger partial charge in [0, 0.05) is 5.75 Å². The number of hydrogen-bond donors (Lipinski definition) is 1. The summed E-state index contributed by atoms with van der Waals surface area (Å²) in [6.07, 6.45) is 0. The van der Waals surface area contributed by atoms with Gasteiger partial charge in [0.15, 0.2) is 4.34 Å². The summed E-state index contributed by atoms with van der Waals surface area (Å²) in [5.74, 6) is 0.712. The lowest BCUT2D eigenvalue weighted by molar-refractivity contribution is 0.103. The third-order valence-corrected chi connectivity index (χ3v) is 6.12. The molecule has 23 heavy (non-hydrogen) atoms. The summed E-state index contributed by atoms with van der Waals surface area (Å²) in [7, 11) is 0. The Bertz CT molecular complexity index is 825. The summed E-state index contributed by atoms with van der Waals surface area (Å²) in [4.78, 5) is 12.8. The van der Waals surface area contributed by atoms with Crippen LogP contribution in [0.25, 0.3) is 0 Å². The van der Waals surface area contributed by atoms with Crippen LogP contribution in [0.2, 0.25) is 0 Å². The molecule has 0 spiro atoms. The number of benzene rings is 1. The first kappa shape index (κ1) is 16.2. The molecule has 1 amide bonds. The molecule has 3 aromatic rings. The quantitative estimate of drug-likeness (QED) is 0.526. The van der Waals surface area contributed by atoms with Crippen molar-refractivity contribution in [3.05, 3.63) is 57.3 Å². The van der Waals surface area contributed by atoms with Gasteiger partial charge in [0.25, 0.3) is 5.91 Å². The molecule has 0 fully saturated rings. The maximum atomic E-state index is 12.1. The Balaban J connectivity index is 1.58. The second kappa shape index (κ2) is 7.25. The van der Waals surface area contributed by atoms with Gasteiger partial charge in [0.1, 0.15) is 0 Å². The zero-order valence-corrected chi connectivity index (χ0v) is 15.1. The second-order valence-electron chi connectivity index (χ2n) is 5.09. The van der Waals surface area contributed by atoms with E-state index in [2.05, 4.69) is 46.7 Å². The van der Waals surface area contributed by atoms with Crippen LogP contribution in [0.15, 0.2) is 40.1 Å². The lowest BCUT2D eigenvalue weighted by Gasteiger charge is -1.99. The Labute approximate surface area is 147 Å². The van der Waals surface area contributed by atoms with E-state index < -0.39 is 0 Å². The summed E-state index contributed by atoms with van der Waals surface area (Å²) < 4.78 is 0.851. The molecule has 2 aromatic heterocycles. The van der Waals surface area contributed by atoms with Crippen molar-refractivity contribution in [3.8, 4) is 0 Å². The van der Waals surface area contributed by atoms with Gasteiger partial charge in [-0.25, -0.2) is 0 Å². The average molecular weight is 362 g/mol. The first-order chi connectivity index (χ1) is 11.1. The van der Waals surface area contributed by atoms with E-state index in [4.69, 9.17) is 0 Å². The molecule has 0 radical (unpaired) electrons. The van der Waals surface area contributed by atoms with E-state index in [1.807, 2.05) is 18.4 Å². The molecule has 1 N–H and O–H groups in total. The Morgan fingerprint density at radius 2 is 2.09 bits per heavy atom. The van der Waals surface area contributed by atoms with Gasteiger partial charge in [0.2, 0.25) is 5.13 Å². The van der Waals surface area contributed by atoms with Crippen molar-refractivity contribution < 1.29 is 4.79 Å². The molecule has 2 heterocycles. The minimum Gasteiger partial charge on any atom is -0.296 e. The molecule has 0 aliphatic rings. The maximum Gasteiger partial charge on any atom is 0.267 e. The molecule has 1 aromatic carbocycles. The number of aromatic nitrogens is 2. The highest BCUT2D eigenvalue weighted by molar-refractivity contribution is 8.00. The molecular weight excluding hydrogens is 346 g/mol. The number of nitrogens with one attached hydrogen (secondary N) is 1. The van der Waals surface area contributed by atoms with E-state index in [9.17, 15) is 4.79 Å². The number of aryl methyl sites for hydroxylation is 2. The third kappa shape index (κ3) is 4.40. The fourth-order valence-electron chi connectivity index (χ4n) is 1.97. The molecule has 0 aliphatic heterocycles.